The highest BCUT2D eigenvalue weighted by atomic mass is 32.1. The van der Waals surface area contributed by atoms with Crippen LogP contribution in [-0.2, 0) is 0 Å². The molecule has 4 nitrogen and oxygen atoms in total. The molecule has 2 atom stereocenters. The molecule has 0 aliphatic rings. The number of hydrogen-bond donors (Lipinski definition) is 2. The van der Waals surface area contributed by atoms with Crippen LogP contribution in [0, 0.1) is 6.92 Å². The fourth-order valence-electron chi connectivity index (χ4n) is 2.56. The van der Waals surface area contributed by atoms with Crippen molar-refractivity contribution < 1.29 is 5.11 Å². The fraction of sp³-hybridized carbons (Fsp3) is 0.278. The molecule has 0 saturated heterocycles. The Morgan fingerprint density at radius 2 is 2.00 bits per heavy atom. The van der Waals surface area contributed by atoms with Crippen LogP contribution in [0.1, 0.15) is 36.0 Å². The minimum absolute atomic E-state index is 0.182. The summed E-state index contributed by atoms with van der Waals surface area (Å²) in [6.45, 7) is 4.64. The van der Waals surface area contributed by atoms with Gasteiger partial charge in [-0.05, 0) is 53.9 Å². The van der Waals surface area contributed by atoms with Crippen molar-refractivity contribution in [1.29, 1.82) is 0 Å². The summed E-state index contributed by atoms with van der Waals surface area (Å²) in [6, 6.07) is 10.6. The minimum Gasteiger partial charge on any atom is -0.387 e. The van der Waals surface area contributed by atoms with E-state index in [2.05, 4.69) is 46.1 Å². The maximum Gasteiger partial charge on any atom is 0.110 e. The van der Waals surface area contributed by atoms with Gasteiger partial charge >= 0.3 is 0 Å². The molecule has 0 amide bonds. The van der Waals surface area contributed by atoms with Crippen LogP contribution in [-0.4, -0.2) is 21.2 Å². The third-order valence-corrected chi connectivity index (χ3v) is 4.74. The van der Waals surface area contributed by atoms with Crippen molar-refractivity contribution in [2.75, 3.05) is 6.54 Å². The highest BCUT2D eigenvalue weighted by Crippen LogP contribution is 2.19. The van der Waals surface area contributed by atoms with Gasteiger partial charge < -0.3 is 15.0 Å². The lowest BCUT2D eigenvalue weighted by atomic mass is 10.1. The molecule has 0 aliphatic heterocycles. The van der Waals surface area contributed by atoms with Gasteiger partial charge in [0.05, 0.1) is 6.10 Å². The second-order valence-corrected chi connectivity index (χ2v) is 6.42. The number of imidazole rings is 1. The van der Waals surface area contributed by atoms with E-state index in [1.165, 1.54) is 5.56 Å². The summed E-state index contributed by atoms with van der Waals surface area (Å²) in [5, 5.41) is 17.5. The molecule has 2 heterocycles. The monoisotopic (exact) mass is 327 g/mol. The van der Waals surface area contributed by atoms with E-state index in [0.29, 0.717) is 6.54 Å². The maximum absolute atomic E-state index is 10.1. The van der Waals surface area contributed by atoms with Gasteiger partial charge in [0.1, 0.15) is 5.82 Å². The van der Waals surface area contributed by atoms with E-state index in [1.54, 1.807) is 17.5 Å². The Morgan fingerprint density at radius 1 is 1.22 bits per heavy atom. The van der Waals surface area contributed by atoms with Gasteiger partial charge in [0.15, 0.2) is 0 Å². The number of hydrogen-bond acceptors (Lipinski definition) is 4. The minimum atomic E-state index is -0.462. The number of aryl methyl sites for hydroxylation is 1. The fourth-order valence-corrected chi connectivity index (χ4v) is 3.27. The maximum atomic E-state index is 10.1. The zero-order valence-corrected chi connectivity index (χ0v) is 14.1. The second kappa shape index (κ2) is 7.08. The van der Waals surface area contributed by atoms with Crippen LogP contribution in [0.4, 0.5) is 0 Å². The van der Waals surface area contributed by atoms with Gasteiger partial charge in [-0.1, -0.05) is 12.1 Å². The van der Waals surface area contributed by atoms with Crippen LogP contribution < -0.4 is 5.32 Å². The Kier molecular flexibility index (Phi) is 4.91. The Bertz CT molecular complexity index is 734. The average molecular weight is 327 g/mol. The number of thiophene rings is 1. The van der Waals surface area contributed by atoms with Crippen molar-refractivity contribution in [2.45, 2.75) is 26.0 Å². The summed E-state index contributed by atoms with van der Waals surface area (Å²) < 4.78 is 2.06. The molecule has 2 unspecified atom stereocenters. The second-order valence-electron chi connectivity index (χ2n) is 5.64. The molecule has 2 aromatic heterocycles. The summed E-state index contributed by atoms with van der Waals surface area (Å²) in [4.78, 5) is 4.25. The predicted molar refractivity (Wildman–Crippen MR) is 94.0 cm³/mol. The number of nitrogens with zero attached hydrogens (tertiary/aromatic N) is 2. The number of benzene rings is 1. The Morgan fingerprint density at radius 3 is 2.61 bits per heavy atom. The number of aliphatic hydroxyl groups excluding tert-OH is 1. The third kappa shape index (κ3) is 3.69. The number of aliphatic hydroxyl groups is 1. The zero-order chi connectivity index (χ0) is 16.2. The van der Waals surface area contributed by atoms with Crippen LogP contribution in [0.3, 0.4) is 0 Å². The summed E-state index contributed by atoms with van der Waals surface area (Å²) in [5.74, 6) is 0.975. The molecule has 120 valence electrons. The van der Waals surface area contributed by atoms with Crippen LogP contribution in [0.15, 0.2) is 53.5 Å². The Hall–Kier alpha value is -1.95. The van der Waals surface area contributed by atoms with Gasteiger partial charge in [0.2, 0.25) is 0 Å². The van der Waals surface area contributed by atoms with E-state index in [9.17, 15) is 5.11 Å². The first-order valence-corrected chi connectivity index (χ1v) is 8.63. The lowest BCUT2D eigenvalue weighted by molar-refractivity contribution is 0.171. The first-order chi connectivity index (χ1) is 11.1. The molecular weight excluding hydrogens is 306 g/mol. The predicted octanol–water partition coefficient (Wildman–Crippen LogP) is 3.63. The van der Waals surface area contributed by atoms with Crippen molar-refractivity contribution in [2.24, 2.45) is 0 Å². The van der Waals surface area contributed by atoms with Crippen LogP contribution in [0.5, 0.6) is 0 Å². The van der Waals surface area contributed by atoms with E-state index in [-0.39, 0.29) is 6.04 Å². The smallest absolute Gasteiger partial charge is 0.110 e. The molecule has 2 N–H and O–H groups in total. The topological polar surface area (TPSA) is 50.1 Å². The summed E-state index contributed by atoms with van der Waals surface area (Å²) in [5.41, 5.74) is 3.28. The Balaban J connectivity index is 1.61. The van der Waals surface area contributed by atoms with E-state index in [0.717, 1.165) is 17.1 Å². The van der Waals surface area contributed by atoms with Crippen LogP contribution >= 0.6 is 11.3 Å². The van der Waals surface area contributed by atoms with Crippen molar-refractivity contribution in [3.8, 4) is 5.69 Å². The van der Waals surface area contributed by atoms with Crippen molar-refractivity contribution in [3.63, 3.8) is 0 Å². The number of nitrogens with one attached hydrogen (secondary N) is 1. The van der Waals surface area contributed by atoms with Gasteiger partial charge in [-0.15, -0.1) is 0 Å². The van der Waals surface area contributed by atoms with Gasteiger partial charge in [-0.3, -0.25) is 0 Å². The summed E-state index contributed by atoms with van der Waals surface area (Å²) in [6.07, 6.45) is 3.30. The lowest BCUT2D eigenvalue weighted by Gasteiger charge is -2.17. The Labute approximate surface area is 140 Å². The molecule has 0 saturated carbocycles. The average Bonchev–Trinajstić information content (AvgIpc) is 3.24. The van der Waals surface area contributed by atoms with Gasteiger partial charge in [0, 0.05) is 30.7 Å². The van der Waals surface area contributed by atoms with Gasteiger partial charge in [0.25, 0.3) is 0 Å². The lowest BCUT2D eigenvalue weighted by Crippen LogP contribution is -2.24. The molecule has 1 aromatic carbocycles. The highest BCUT2D eigenvalue weighted by molar-refractivity contribution is 7.07. The summed E-state index contributed by atoms with van der Waals surface area (Å²) in [7, 11) is 0. The molecule has 0 aliphatic carbocycles. The molecule has 0 fully saturated rings. The molecule has 0 radical (unpaired) electrons. The summed E-state index contributed by atoms with van der Waals surface area (Å²) >= 11 is 1.60. The highest BCUT2D eigenvalue weighted by Gasteiger charge is 2.11. The van der Waals surface area contributed by atoms with Gasteiger partial charge in [-0.25, -0.2) is 4.98 Å². The molecule has 0 bridgehead atoms. The molecular formula is C18H21N3OS. The normalized spacial score (nSPS) is 13.9. The van der Waals surface area contributed by atoms with E-state index in [4.69, 9.17) is 0 Å². The first-order valence-electron chi connectivity index (χ1n) is 7.69. The van der Waals surface area contributed by atoms with Gasteiger partial charge in [-0.2, -0.15) is 11.3 Å². The molecule has 23 heavy (non-hydrogen) atoms. The van der Waals surface area contributed by atoms with Crippen molar-refractivity contribution >= 4 is 11.3 Å². The quantitative estimate of drug-likeness (QED) is 0.727. The third-order valence-electron chi connectivity index (χ3n) is 4.04. The van der Waals surface area contributed by atoms with E-state index < -0.39 is 6.10 Å². The molecule has 0 spiro atoms. The zero-order valence-electron chi connectivity index (χ0n) is 13.3. The van der Waals surface area contributed by atoms with E-state index >= 15 is 0 Å². The van der Waals surface area contributed by atoms with Crippen LogP contribution in [0.2, 0.25) is 0 Å². The molecule has 5 heteroatoms. The molecule has 3 rings (SSSR count). The number of rotatable bonds is 6. The van der Waals surface area contributed by atoms with E-state index in [1.807, 2.05) is 29.9 Å². The van der Waals surface area contributed by atoms with Crippen molar-refractivity contribution in [1.82, 2.24) is 14.9 Å². The standard InChI is InChI=1S/C18H21N3OS/c1-13(20-11-18(22)16-7-10-23-12-16)15-3-5-17(6-4-15)21-9-8-19-14(21)2/h3-10,12-13,18,20,22H,11H2,1-2H3. The first kappa shape index (κ1) is 15.9. The number of aromatic nitrogens is 2. The molecule has 3 aromatic rings. The largest absolute Gasteiger partial charge is 0.387 e. The van der Waals surface area contributed by atoms with Crippen molar-refractivity contribution in [3.05, 3.63) is 70.4 Å². The SMILES string of the molecule is Cc1nccn1-c1ccc(C(C)NCC(O)c2ccsc2)cc1. The van der Waals surface area contributed by atoms with Crippen LogP contribution in [0.25, 0.3) is 5.69 Å².